The Morgan fingerprint density at radius 3 is 2.77 bits per heavy atom. The van der Waals surface area contributed by atoms with Crippen LogP contribution in [-0.4, -0.2) is 47.2 Å². The SMILES string of the molecule is CC(=O)Oc1ccccc1NC(=O)N1CCN(N=Cc2ccco2)C1=O. The number of rotatable bonds is 4. The van der Waals surface area contributed by atoms with Crippen molar-refractivity contribution in [2.75, 3.05) is 18.4 Å². The Labute approximate surface area is 148 Å². The van der Waals surface area contributed by atoms with E-state index in [0.29, 0.717) is 5.76 Å². The summed E-state index contributed by atoms with van der Waals surface area (Å²) in [5.41, 5.74) is 0.290. The molecule has 0 unspecified atom stereocenters. The lowest BCUT2D eigenvalue weighted by Gasteiger charge is -2.16. The van der Waals surface area contributed by atoms with E-state index in [9.17, 15) is 14.4 Å². The molecule has 2 aromatic rings. The minimum Gasteiger partial charge on any atom is -0.463 e. The third kappa shape index (κ3) is 3.89. The Bertz CT molecular complexity index is 847. The molecule has 1 aromatic carbocycles. The maximum absolute atomic E-state index is 12.4. The Kier molecular flexibility index (Phi) is 4.97. The summed E-state index contributed by atoms with van der Waals surface area (Å²) in [5, 5.41) is 7.75. The molecule has 1 aromatic heterocycles. The summed E-state index contributed by atoms with van der Waals surface area (Å²) in [6.07, 6.45) is 2.89. The van der Waals surface area contributed by atoms with E-state index in [1.807, 2.05) is 0 Å². The minimum atomic E-state index is -0.634. The number of amides is 4. The lowest BCUT2D eigenvalue weighted by atomic mass is 10.3. The zero-order valence-electron chi connectivity index (χ0n) is 13.9. The van der Waals surface area contributed by atoms with E-state index in [-0.39, 0.29) is 24.5 Å². The van der Waals surface area contributed by atoms with Crippen LogP contribution in [0.5, 0.6) is 5.75 Å². The molecule has 1 fully saturated rings. The second-order valence-corrected chi connectivity index (χ2v) is 5.34. The Balaban J connectivity index is 1.66. The highest BCUT2D eigenvalue weighted by atomic mass is 16.5. The van der Waals surface area contributed by atoms with Gasteiger partial charge in [-0.05, 0) is 24.3 Å². The molecular formula is C17H16N4O5. The van der Waals surface area contributed by atoms with Crippen LogP contribution >= 0.6 is 0 Å². The zero-order chi connectivity index (χ0) is 18.5. The number of carbonyl (C=O) groups excluding carboxylic acids is 3. The van der Waals surface area contributed by atoms with E-state index in [0.717, 1.165) is 4.90 Å². The fraction of sp³-hybridized carbons (Fsp3) is 0.176. The van der Waals surface area contributed by atoms with Gasteiger partial charge in [-0.25, -0.2) is 19.5 Å². The third-order valence-electron chi connectivity index (χ3n) is 3.48. The quantitative estimate of drug-likeness (QED) is 0.515. The van der Waals surface area contributed by atoms with Crippen molar-refractivity contribution < 1.29 is 23.5 Å². The number of ether oxygens (including phenoxy) is 1. The van der Waals surface area contributed by atoms with Crippen molar-refractivity contribution in [3.63, 3.8) is 0 Å². The van der Waals surface area contributed by atoms with Gasteiger partial charge in [0.2, 0.25) is 0 Å². The highest BCUT2D eigenvalue weighted by molar-refractivity contribution is 6.02. The van der Waals surface area contributed by atoms with Crippen molar-refractivity contribution in [2.24, 2.45) is 5.10 Å². The molecule has 1 N–H and O–H groups in total. The van der Waals surface area contributed by atoms with Crippen LogP contribution in [0.2, 0.25) is 0 Å². The number of urea groups is 2. The van der Waals surface area contributed by atoms with E-state index in [2.05, 4.69) is 10.4 Å². The topological polar surface area (TPSA) is 104 Å². The molecule has 2 heterocycles. The van der Waals surface area contributed by atoms with E-state index < -0.39 is 18.0 Å². The molecule has 134 valence electrons. The average molecular weight is 356 g/mol. The van der Waals surface area contributed by atoms with Crippen LogP contribution in [0.3, 0.4) is 0 Å². The van der Waals surface area contributed by atoms with E-state index in [1.165, 1.54) is 24.4 Å². The number of esters is 1. The van der Waals surface area contributed by atoms with Crippen LogP contribution in [0.4, 0.5) is 15.3 Å². The maximum atomic E-state index is 12.4. The average Bonchev–Trinajstić information content (AvgIpc) is 3.24. The Morgan fingerprint density at radius 2 is 2.04 bits per heavy atom. The number of nitrogens with zero attached hydrogens (tertiary/aromatic N) is 3. The van der Waals surface area contributed by atoms with Crippen LogP contribution < -0.4 is 10.1 Å². The summed E-state index contributed by atoms with van der Waals surface area (Å²) in [5.74, 6) is 0.186. The summed E-state index contributed by atoms with van der Waals surface area (Å²) in [7, 11) is 0. The van der Waals surface area contributed by atoms with Crippen LogP contribution in [0, 0.1) is 0 Å². The van der Waals surface area contributed by atoms with Crippen LogP contribution in [0.25, 0.3) is 0 Å². The molecule has 4 amide bonds. The van der Waals surface area contributed by atoms with Crippen LogP contribution in [-0.2, 0) is 4.79 Å². The first-order chi connectivity index (χ1) is 12.5. The predicted octanol–water partition coefficient (Wildman–Crippen LogP) is 2.51. The second kappa shape index (κ2) is 7.51. The summed E-state index contributed by atoms with van der Waals surface area (Å²) >= 11 is 0. The van der Waals surface area contributed by atoms with Gasteiger partial charge in [-0.1, -0.05) is 12.1 Å². The number of hydrogen-bond acceptors (Lipinski definition) is 6. The number of carbonyl (C=O) groups is 3. The Hall–Kier alpha value is -3.62. The standard InChI is InChI=1S/C17H16N4O5/c1-12(22)26-15-7-3-2-6-14(15)19-16(23)20-8-9-21(17(20)24)18-11-13-5-4-10-25-13/h2-7,10-11H,8-9H2,1H3,(H,19,23). The number of hydrazone groups is 1. The highest BCUT2D eigenvalue weighted by Crippen LogP contribution is 2.24. The van der Waals surface area contributed by atoms with Crippen molar-refractivity contribution in [3.05, 3.63) is 48.4 Å². The van der Waals surface area contributed by atoms with Crippen LogP contribution in [0.1, 0.15) is 12.7 Å². The zero-order valence-corrected chi connectivity index (χ0v) is 13.9. The first-order valence-electron chi connectivity index (χ1n) is 7.79. The van der Waals surface area contributed by atoms with Gasteiger partial charge < -0.3 is 14.5 Å². The monoisotopic (exact) mass is 356 g/mol. The molecule has 0 spiro atoms. The number of hydrogen-bond donors (Lipinski definition) is 1. The van der Waals surface area contributed by atoms with E-state index in [4.69, 9.17) is 9.15 Å². The summed E-state index contributed by atoms with van der Waals surface area (Å²) in [4.78, 5) is 36.9. The molecule has 3 rings (SSSR count). The molecule has 0 bridgehead atoms. The number of nitrogens with one attached hydrogen (secondary N) is 1. The highest BCUT2D eigenvalue weighted by Gasteiger charge is 2.33. The van der Waals surface area contributed by atoms with Crippen molar-refractivity contribution in [3.8, 4) is 5.75 Å². The fourth-order valence-electron chi connectivity index (χ4n) is 2.31. The molecule has 26 heavy (non-hydrogen) atoms. The van der Waals surface area contributed by atoms with Gasteiger partial charge in [0, 0.05) is 6.92 Å². The molecule has 1 saturated heterocycles. The molecule has 1 aliphatic heterocycles. The summed E-state index contributed by atoms with van der Waals surface area (Å²) in [6, 6.07) is 8.66. The van der Waals surface area contributed by atoms with E-state index >= 15 is 0 Å². The molecule has 1 aliphatic rings. The number of furan rings is 1. The molecule has 0 radical (unpaired) electrons. The maximum Gasteiger partial charge on any atom is 0.348 e. The number of anilines is 1. The van der Waals surface area contributed by atoms with Gasteiger partial charge in [-0.15, -0.1) is 0 Å². The molecule has 9 nitrogen and oxygen atoms in total. The molecule has 0 saturated carbocycles. The molecule has 9 heteroatoms. The minimum absolute atomic E-state index is 0.176. The lowest BCUT2D eigenvalue weighted by Crippen LogP contribution is -2.37. The fourth-order valence-corrected chi connectivity index (χ4v) is 2.31. The number of para-hydroxylation sites is 2. The van der Waals surface area contributed by atoms with Gasteiger partial charge in [0.15, 0.2) is 5.75 Å². The second-order valence-electron chi connectivity index (χ2n) is 5.34. The molecule has 0 aliphatic carbocycles. The molecular weight excluding hydrogens is 340 g/mol. The first kappa shape index (κ1) is 17.2. The van der Waals surface area contributed by atoms with Gasteiger partial charge >= 0.3 is 18.0 Å². The molecule has 0 atom stereocenters. The number of imide groups is 1. The van der Waals surface area contributed by atoms with Gasteiger partial charge in [-0.3, -0.25) is 4.79 Å². The summed E-state index contributed by atoms with van der Waals surface area (Å²) < 4.78 is 10.1. The van der Waals surface area contributed by atoms with E-state index in [1.54, 1.807) is 36.4 Å². The lowest BCUT2D eigenvalue weighted by molar-refractivity contribution is -0.131. The first-order valence-corrected chi connectivity index (χ1v) is 7.79. The summed E-state index contributed by atoms with van der Waals surface area (Å²) in [6.45, 7) is 1.70. The van der Waals surface area contributed by atoms with Gasteiger partial charge in [0.25, 0.3) is 0 Å². The largest absolute Gasteiger partial charge is 0.463 e. The van der Waals surface area contributed by atoms with Crippen LogP contribution in [0.15, 0.2) is 52.2 Å². The third-order valence-corrected chi connectivity index (χ3v) is 3.48. The van der Waals surface area contributed by atoms with Crippen molar-refractivity contribution >= 4 is 29.9 Å². The van der Waals surface area contributed by atoms with Gasteiger partial charge in [0.05, 0.1) is 31.3 Å². The normalized spacial score (nSPS) is 14.1. The van der Waals surface area contributed by atoms with Gasteiger partial charge in [-0.2, -0.15) is 5.10 Å². The van der Waals surface area contributed by atoms with Crippen molar-refractivity contribution in [1.29, 1.82) is 0 Å². The number of benzene rings is 1. The van der Waals surface area contributed by atoms with Crippen molar-refractivity contribution in [2.45, 2.75) is 6.92 Å². The van der Waals surface area contributed by atoms with Gasteiger partial charge in [0.1, 0.15) is 5.76 Å². The smallest absolute Gasteiger partial charge is 0.348 e. The predicted molar refractivity (Wildman–Crippen MR) is 91.9 cm³/mol. The van der Waals surface area contributed by atoms with Crippen molar-refractivity contribution in [1.82, 2.24) is 9.91 Å². The Morgan fingerprint density at radius 1 is 1.23 bits per heavy atom.